The van der Waals surface area contributed by atoms with Gasteiger partial charge in [0.15, 0.2) is 0 Å². The summed E-state index contributed by atoms with van der Waals surface area (Å²) in [5, 5.41) is 12.5. The Hall–Kier alpha value is -0.590. The maximum atomic E-state index is 9.00. The van der Waals surface area contributed by atoms with E-state index in [2.05, 4.69) is 23.2 Å². The van der Waals surface area contributed by atoms with Gasteiger partial charge in [-0.3, -0.25) is 0 Å². The van der Waals surface area contributed by atoms with Gasteiger partial charge in [-0.05, 0) is 84.6 Å². The van der Waals surface area contributed by atoms with Gasteiger partial charge in [0.1, 0.15) is 0 Å². The van der Waals surface area contributed by atoms with Crippen LogP contribution < -0.4 is 5.32 Å². The first-order valence-corrected chi connectivity index (χ1v) is 7.91. The second-order valence-electron chi connectivity index (χ2n) is 6.59. The molecule has 0 spiro atoms. The zero-order chi connectivity index (χ0) is 14.1. The van der Waals surface area contributed by atoms with Crippen LogP contribution in [0.2, 0.25) is 0 Å². The minimum Gasteiger partial charge on any atom is -0.316 e. The number of nitriles is 1. The van der Waals surface area contributed by atoms with Gasteiger partial charge < -0.3 is 10.2 Å². The van der Waals surface area contributed by atoms with Crippen LogP contribution in [0.1, 0.15) is 52.9 Å². The zero-order valence-corrected chi connectivity index (χ0v) is 13.0. The molecule has 1 aliphatic rings. The summed E-state index contributed by atoms with van der Waals surface area (Å²) in [7, 11) is 0. The molecule has 0 bridgehead atoms. The van der Waals surface area contributed by atoms with Crippen molar-refractivity contribution >= 4 is 0 Å². The number of rotatable bonds is 8. The molecule has 1 saturated heterocycles. The third-order valence-corrected chi connectivity index (χ3v) is 4.15. The lowest BCUT2D eigenvalue weighted by Gasteiger charge is -2.32. The van der Waals surface area contributed by atoms with Crippen LogP contribution in [0.5, 0.6) is 0 Å². The molecule has 0 atom stereocenters. The molecule has 0 aromatic rings. The number of nitrogens with one attached hydrogen (secondary N) is 1. The first-order valence-electron chi connectivity index (χ1n) is 7.91. The first-order chi connectivity index (χ1) is 9.07. The quantitative estimate of drug-likeness (QED) is 0.686. The van der Waals surface area contributed by atoms with E-state index < -0.39 is 0 Å². The van der Waals surface area contributed by atoms with Crippen molar-refractivity contribution in [2.24, 2.45) is 11.3 Å². The normalized spacial score (nSPS) is 18.4. The Labute approximate surface area is 119 Å². The maximum absolute atomic E-state index is 9.00. The maximum Gasteiger partial charge on any atom is 0.0683 e. The van der Waals surface area contributed by atoms with Crippen molar-refractivity contribution in [2.45, 2.75) is 52.9 Å². The molecule has 1 heterocycles. The lowest BCUT2D eigenvalue weighted by Crippen LogP contribution is -2.38. The van der Waals surface area contributed by atoms with E-state index in [4.69, 9.17) is 5.26 Å². The molecule has 0 saturated carbocycles. The van der Waals surface area contributed by atoms with E-state index in [1.54, 1.807) is 0 Å². The number of nitrogens with zero attached hydrogens (tertiary/aromatic N) is 2. The van der Waals surface area contributed by atoms with E-state index in [1.807, 2.05) is 13.8 Å². The predicted octanol–water partition coefficient (Wildman–Crippen LogP) is 3.03. The summed E-state index contributed by atoms with van der Waals surface area (Å²) in [6, 6.07) is 2.39. The molecule has 0 radical (unpaired) electrons. The van der Waals surface area contributed by atoms with Crippen molar-refractivity contribution in [1.82, 2.24) is 10.2 Å². The van der Waals surface area contributed by atoms with Crippen LogP contribution in [-0.2, 0) is 0 Å². The monoisotopic (exact) mass is 265 g/mol. The molecule has 0 aromatic heterocycles. The Morgan fingerprint density at radius 3 is 2.58 bits per heavy atom. The molecule has 0 amide bonds. The zero-order valence-electron chi connectivity index (χ0n) is 13.0. The number of piperidine rings is 1. The van der Waals surface area contributed by atoms with Crippen LogP contribution in [0.3, 0.4) is 0 Å². The lowest BCUT2D eigenvalue weighted by atomic mass is 9.89. The van der Waals surface area contributed by atoms with E-state index >= 15 is 0 Å². The first kappa shape index (κ1) is 16.5. The van der Waals surface area contributed by atoms with Gasteiger partial charge >= 0.3 is 0 Å². The molecule has 1 rings (SSSR count). The minimum absolute atomic E-state index is 0.150. The third kappa shape index (κ3) is 6.94. The van der Waals surface area contributed by atoms with Crippen LogP contribution >= 0.6 is 0 Å². The van der Waals surface area contributed by atoms with Gasteiger partial charge in [0.25, 0.3) is 0 Å². The topological polar surface area (TPSA) is 39.1 Å². The molecule has 110 valence electrons. The average molecular weight is 265 g/mol. The molecule has 3 heteroatoms. The Balaban J connectivity index is 2.08. The minimum atomic E-state index is -0.150. The molecular weight excluding hydrogens is 234 g/mol. The van der Waals surface area contributed by atoms with Crippen molar-refractivity contribution in [3.63, 3.8) is 0 Å². The van der Waals surface area contributed by atoms with Gasteiger partial charge in [0.05, 0.1) is 11.5 Å². The highest BCUT2D eigenvalue weighted by Crippen LogP contribution is 2.22. The van der Waals surface area contributed by atoms with Gasteiger partial charge in [-0.15, -0.1) is 0 Å². The highest BCUT2D eigenvalue weighted by molar-refractivity contribution is 4.91. The Morgan fingerprint density at radius 2 is 2.00 bits per heavy atom. The van der Waals surface area contributed by atoms with E-state index in [-0.39, 0.29) is 5.41 Å². The molecule has 0 unspecified atom stereocenters. The van der Waals surface area contributed by atoms with E-state index in [1.165, 1.54) is 45.4 Å². The summed E-state index contributed by atoms with van der Waals surface area (Å²) in [5.74, 6) is 0.873. The van der Waals surface area contributed by atoms with Crippen LogP contribution in [0, 0.1) is 22.7 Å². The lowest BCUT2D eigenvalue weighted by molar-refractivity contribution is 0.175. The molecule has 1 fully saturated rings. The van der Waals surface area contributed by atoms with Gasteiger partial charge in [-0.25, -0.2) is 0 Å². The molecular formula is C16H31N3. The summed E-state index contributed by atoms with van der Waals surface area (Å²) in [4.78, 5) is 2.57. The Bertz CT molecular complexity index is 272. The number of likely N-dealkylation sites (tertiary alicyclic amines) is 1. The molecule has 1 N–H and O–H groups in total. The van der Waals surface area contributed by atoms with E-state index in [0.717, 1.165) is 25.3 Å². The fourth-order valence-corrected chi connectivity index (χ4v) is 2.70. The van der Waals surface area contributed by atoms with Crippen molar-refractivity contribution in [2.75, 3.05) is 32.7 Å². The summed E-state index contributed by atoms with van der Waals surface area (Å²) in [6.07, 6.45) is 6.06. The fourth-order valence-electron chi connectivity index (χ4n) is 2.70. The highest BCUT2D eigenvalue weighted by Gasteiger charge is 2.20. The largest absolute Gasteiger partial charge is 0.316 e. The van der Waals surface area contributed by atoms with Crippen LogP contribution in [0.15, 0.2) is 0 Å². The number of hydrogen-bond donors (Lipinski definition) is 1. The standard InChI is InChI=1S/C16H31N3/c1-4-9-18-13-15-6-11-19(12-7-15)10-5-8-16(2,3)14-17/h15,18H,4-13H2,1-3H3. The van der Waals surface area contributed by atoms with Crippen molar-refractivity contribution in [1.29, 1.82) is 5.26 Å². The average Bonchev–Trinajstić information content (AvgIpc) is 2.41. The molecule has 0 aliphatic carbocycles. The number of hydrogen-bond acceptors (Lipinski definition) is 3. The fraction of sp³-hybridized carbons (Fsp3) is 0.938. The Kier molecular flexibility index (Phi) is 7.41. The van der Waals surface area contributed by atoms with Gasteiger partial charge in [0.2, 0.25) is 0 Å². The van der Waals surface area contributed by atoms with E-state index in [9.17, 15) is 0 Å². The summed E-state index contributed by atoms with van der Waals surface area (Å²) < 4.78 is 0. The smallest absolute Gasteiger partial charge is 0.0683 e. The van der Waals surface area contributed by atoms with Gasteiger partial charge in [-0.1, -0.05) is 6.92 Å². The predicted molar refractivity (Wildman–Crippen MR) is 81.0 cm³/mol. The second kappa shape index (κ2) is 8.55. The van der Waals surface area contributed by atoms with Gasteiger partial charge in [-0.2, -0.15) is 5.26 Å². The summed E-state index contributed by atoms with van der Waals surface area (Å²) in [5.41, 5.74) is -0.150. The highest BCUT2D eigenvalue weighted by atomic mass is 15.1. The molecule has 3 nitrogen and oxygen atoms in total. The van der Waals surface area contributed by atoms with Crippen LogP contribution in [0.4, 0.5) is 0 Å². The van der Waals surface area contributed by atoms with Crippen molar-refractivity contribution in [3.8, 4) is 6.07 Å². The van der Waals surface area contributed by atoms with Crippen LogP contribution in [-0.4, -0.2) is 37.6 Å². The van der Waals surface area contributed by atoms with Crippen molar-refractivity contribution in [3.05, 3.63) is 0 Å². The summed E-state index contributed by atoms with van der Waals surface area (Å²) in [6.45, 7) is 12.3. The molecule has 19 heavy (non-hydrogen) atoms. The van der Waals surface area contributed by atoms with E-state index in [0.29, 0.717) is 0 Å². The summed E-state index contributed by atoms with van der Waals surface area (Å²) >= 11 is 0. The molecule has 0 aromatic carbocycles. The van der Waals surface area contributed by atoms with Crippen LogP contribution in [0.25, 0.3) is 0 Å². The molecule has 1 aliphatic heterocycles. The second-order valence-corrected chi connectivity index (χ2v) is 6.59. The Morgan fingerprint density at radius 1 is 1.32 bits per heavy atom. The van der Waals surface area contributed by atoms with Gasteiger partial charge in [0, 0.05) is 0 Å². The SMILES string of the molecule is CCCNCC1CCN(CCCC(C)(C)C#N)CC1. The van der Waals surface area contributed by atoms with Crippen molar-refractivity contribution < 1.29 is 0 Å². The third-order valence-electron chi connectivity index (χ3n) is 4.15.